The van der Waals surface area contributed by atoms with E-state index in [2.05, 4.69) is 4.98 Å². The summed E-state index contributed by atoms with van der Waals surface area (Å²) in [5.41, 5.74) is 4.89. The number of carbonyl (C=O) groups is 1. The highest BCUT2D eigenvalue weighted by atomic mass is 32.2. The molecule has 0 saturated carbocycles. The molecule has 0 radical (unpaired) electrons. The van der Waals surface area contributed by atoms with Gasteiger partial charge in [-0.25, -0.2) is 18.5 Å². The second-order valence-corrected chi connectivity index (χ2v) is 12.5. The summed E-state index contributed by atoms with van der Waals surface area (Å²) in [7, 11) is -4.42. The van der Waals surface area contributed by atoms with Crippen LogP contribution in [0.15, 0.2) is 53.6 Å². The van der Waals surface area contributed by atoms with Crippen LogP contribution < -0.4 is 20.1 Å². The highest BCUT2D eigenvalue weighted by molar-refractivity contribution is 7.90. The first-order valence-corrected chi connectivity index (χ1v) is 14.5. The lowest BCUT2D eigenvalue weighted by atomic mass is 9.96. The third-order valence-corrected chi connectivity index (χ3v) is 7.13. The first kappa shape index (κ1) is 30.8. The standard InChI is InChI=1S/C29H36F2N4O4S/c1-7-13-35(29(4,5)6)27-23(28(36)34-40(37,38)25-10-8-9-24(32)33-25)12-11-22(26(27)31)19-14-20(30)16-21(15-19)39-17-18(2)3/h8-12,14-16,18H,7,13,17H2,1-6H3,(H2,32,33)(H,34,36). The molecule has 0 unspecified atom stereocenters. The Morgan fingerprint density at radius 2 is 1.82 bits per heavy atom. The Labute approximate surface area is 234 Å². The predicted octanol–water partition coefficient (Wildman–Crippen LogP) is 5.78. The molecule has 0 saturated heterocycles. The summed E-state index contributed by atoms with van der Waals surface area (Å²) in [5, 5.41) is -0.450. The zero-order valence-electron chi connectivity index (χ0n) is 23.6. The number of nitrogen functional groups attached to an aromatic ring is 1. The Morgan fingerprint density at radius 3 is 2.42 bits per heavy atom. The van der Waals surface area contributed by atoms with Crippen LogP contribution in [0, 0.1) is 17.6 Å². The van der Waals surface area contributed by atoms with Gasteiger partial charge in [0.25, 0.3) is 15.9 Å². The van der Waals surface area contributed by atoms with Gasteiger partial charge in [0.15, 0.2) is 10.8 Å². The molecule has 40 heavy (non-hydrogen) atoms. The third kappa shape index (κ3) is 7.26. The van der Waals surface area contributed by atoms with Crippen molar-refractivity contribution in [1.82, 2.24) is 9.71 Å². The van der Waals surface area contributed by atoms with E-state index in [0.29, 0.717) is 19.6 Å². The van der Waals surface area contributed by atoms with Crippen LogP contribution in [0.3, 0.4) is 0 Å². The number of rotatable bonds is 10. The highest BCUT2D eigenvalue weighted by Gasteiger charge is 2.32. The molecule has 3 rings (SSSR count). The number of hydrogen-bond acceptors (Lipinski definition) is 7. The summed E-state index contributed by atoms with van der Waals surface area (Å²) >= 11 is 0. The molecule has 0 bridgehead atoms. The number of anilines is 2. The number of aromatic nitrogens is 1. The largest absolute Gasteiger partial charge is 0.493 e. The van der Waals surface area contributed by atoms with Gasteiger partial charge in [-0.3, -0.25) is 4.79 Å². The Kier molecular flexibility index (Phi) is 9.40. The van der Waals surface area contributed by atoms with Crippen LogP contribution in [-0.4, -0.2) is 38.0 Å². The van der Waals surface area contributed by atoms with Gasteiger partial charge in [-0.05, 0) is 69.0 Å². The number of amides is 1. The van der Waals surface area contributed by atoms with E-state index in [1.807, 2.05) is 46.3 Å². The summed E-state index contributed by atoms with van der Waals surface area (Å²) in [6.07, 6.45) is 0.612. The fraction of sp³-hybridized carbons (Fsp3) is 0.379. The molecule has 0 spiro atoms. The van der Waals surface area contributed by atoms with E-state index >= 15 is 4.39 Å². The van der Waals surface area contributed by atoms with E-state index < -0.39 is 38.1 Å². The quantitative estimate of drug-likeness (QED) is 0.316. The number of pyridine rings is 1. The van der Waals surface area contributed by atoms with Crippen LogP contribution in [0.25, 0.3) is 11.1 Å². The van der Waals surface area contributed by atoms with Crippen molar-refractivity contribution in [2.24, 2.45) is 5.92 Å². The number of nitrogens with one attached hydrogen (secondary N) is 1. The molecule has 216 valence electrons. The molecule has 11 heteroatoms. The minimum atomic E-state index is -4.42. The van der Waals surface area contributed by atoms with Gasteiger partial charge in [0.05, 0.1) is 17.9 Å². The number of benzene rings is 2. The van der Waals surface area contributed by atoms with Gasteiger partial charge in [0.1, 0.15) is 17.4 Å². The van der Waals surface area contributed by atoms with Crippen LogP contribution in [-0.2, 0) is 10.0 Å². The van der Waals surface area contributed by atoms with Crippen LogP contribution >= 0.6 is 0 Å². The van der Waals surface area contributed by atoms with E-state index in [0.717, 1.165) is 0 Å². The van der Waals surface area contributed by atoms with Crippen LogP contribution in [0.1, 0.15) is 58.3 Å². The Hall–Kier alpha value is -3.73. The van der Waals surface area contributed by atoms with Gasteiger partial charge in [-0.1, -0.05) is 32.9 Å². The second-order valence-electron chi connectivity index (χ2n) is 10.9. The van der Waals surface area contributed by atoms with Crippen molar-refractivity contribution in [3.8, 4) is 16.9 Å². The van der Waals surface area contributed by atoms with Gasteiger partial charge in [0.2, 0.25) is 0 Å². The lowest BCUT2D eigenvalue weighted by Gasteiger charge is -2.39. The molecule has 1 heterocycles. The third-order valence-electron chi connectivity index (χ3n) is 5.90. The molecule has 1 aromatic heterocycles. The first-order valence-electron chi connectivity index (χ1n) is 13.0. The van der Waals surface area contributed by atoms with Gasteiger partial charge < -0.3 is 15.4 Å². The van der Waals surface area contributed by atoms with Crippen molar-refractivity contribution < 1.29 is 26.7 Å². The van der Waals surface area contributed by atoms with Crippen molar-refractivity contribution in [2.45, 2.75) is 58.5 Å². The van der Waals surface area contributed by atoms with E-state index in [1.54, 1.807) is 4.90 Å². The number of nitrogens with two attached hydrogens (primary N) is 1. The lowest BCUT2D eigenvalue weighted by molar-refractivity contribution is 0.0981. The monoisotopic (exact) mass is 574 g/mol. The summed E-state index contributed by atoms with van der Waals surface area (Å²) < 4.78 is 64.6. The number of halogens is 2. The maximum atomic E-state index is 16.5. The molecule has 0 aliphatic carbocycles. The van der Waals surface area contributed by atoms with E-state index in [9.17, 15) is 17.6 Å². The minimum absolute atomic E-state index is 0.0335. The lowest BCUT2D eigenvalue weighted by Crippen LogP contribution is -2.44. The minimum Gasteiger partial charge on any atom is -0.493 e. The molecule has 0 aliphatic heterocycles. The van der Waals surface area contributed by atoms with Gasteiger partial charge in [0, 0.05) is 23.7 Å². The number of sulfonamides is 1. The molecular weight excluding hydrogens is 538 g/mol. The molecule has 3 N–H and O–H groups in total. The van der Waals surface area contributed by atoms with Crippen molar-refractivity contribution in [3.05, 3.63) is 65.7 Å². The van der Waals surface area contributed by atoms with E-state index in [4.69, 9.17) is 10.5 Å². The molecule has 3 aromatic rings. The average molecular weight is 575 g/mol. The second kappa shape index (κ2) is 12.2. The number of hydrogen-bond donors (Lipinski definition) is 2. The van der Waals surface area contributed by atoms with Crippen molar-refractivity contribution in [2.75, 3.05) is 23.8 Å². The predicted molar refractivity (Wildman–Crippen MR) is 153 cm³/mol. The SMILES string of the molecule is CCCN(c1c(C(=O)NS(=O)(=O)c2cccc(N)n2)ccc(-c2cc(F)cc(OCC(C)C)c2)c1F)C(C)(C)C. The first-order chi connectivity index (χ1) is 18.6. The van der Waals surface area contributed by atoms with E-state index in [1.165, 1.54) is 48.5 Å². The molecular formula is C29H36F2N4O4S. The van der Waals surface area contributed by atoms with E-state index in [-0.39, 0.29) is 39.9 Å². The van der Waals surface area contributed by atoms with Gasteiger partial charge >= 0.3 is 0 Å². The van der Waals surface area contributed by atoms with Crippen LogP contribution in [0.2, 0.25) is 0 Å². The van der Waals surface area contributed by atoms with Crippen LogP contribution in [0.5, 0.6) is 5.75 Å². The van der Waals surface area contributed by atoms with Crippen LogP contribution in [0.4, 0.5) is 20.3 Å². The molecule has 8 nitrogen and oxygen atoms in total. The van der Waals surface area contributed by atoms with Crippen molar-refractivity contribution in [1.29, 1.82) is 0 Å². The molecule has 0 fully saturated rings. The maximum Gasteiger partial charge on any atom is 0.281 e. The van der Waals surface area contributed by atoms with Gasteiger partial charge in [-0.2, -0.15) is 8.42 Å². The number of carbonyl (C=O) groups excluding carboxylic acids is 1. The summed E-state index contributed by atoms with van der Waals surface area (Å²) in [5.74, 6) is -2.05. The Bertz CT molecular complexity index is 1490. The Balaban J connectivity index is 2.18. The normalized spacial score (nSPS) is 11.9. The van der Waals surface area contributed by atoms with Gasteiger partial charge in [-0.15, -0.1) is 0 Å². The zero-order chi connectivity index (χ0) is 29.8. The fourth-order valence-electron chi connectivity index (χ4n) is 4.12. The number of nitrogens with zero attached hydrogens (tertiary/aromatic N) is 2. The highest BCUT2D eigenvalue weighted by Crippen LogP contribution is 2.38. The molecule has 2 aromatic carbocycles. The zero-order valence-corrected chi connectivity index (χ0v) is 24.4. The average Bonchev–Trinajstić information content (AvgIpc) is 2.85. The summed E-state index contributed by atoms with van der Waals surface area (Å²) in [6.45, 7) is 12.1. The smallest absolute Gasteiger partial charge is 0.281 e. The summed E-state index contributed by atoms with van der Waals surface area (Å²) in [4.78, 5) is 18.9. The topological polar surface area (TPSA) is 115 Å². The molecule has 0 atom stereocenters. The summed E-state index contributed by atoms with van der Waals surface area (Å²) in [6, 6.07) is 10.6. The fourth-order valence-corrected chi connectivity index (χ4v) is 5.06. The number of ether oxygens (including phenoxy) is 1. The molecule has 1 amide bonds. The maximum absolute atomic E-state index is 16.5. The Morgan fingerprint density at radius 1 is 1.12 bits per heavy atom. The molecule has 0 aliphatic rings. The van der Waals surface area contributed by atoms with Crippen molar-refractivity contribution in [3.63, 3.8) is 0 Å². The van der Waals surface area contributed by atoms with Crippen molar-refractivity contribution >= 4 is 27.4 Å².